The van der Waals surface area contributed by atoms with Crippen molar-refractivity contribution >= 4 is 17.2 Å². The molecular formula is C21H24N2O2S. The predicted molar refractivity (Wildman–Crippen MR) is 102 cm³/mol. The molecular weight excluding hydrogens is 344 g/mol. The molecule has 0 atom stereocenters. The molecule has 0 saturated heterocycles. The number of hydrogen-bond acceptors (Lipinski definition) is 4. The Morgan fingerprint density at radius 3 is 2.35 bits per heavy atom. The summed E-state index contributed by atoms with van der Waals surface area (Å²) in [6, 6.07) is 7.07. The van der Waals surface area contributed by atoms with Crippen LogP contribution < -0.4 is 5.32 Å². The van der Waals surface area contributed by atoms with Crippen molar-refractivity contribution in [3.63, 3.8) is 0 Å². The van der Waals surface area contributed by atoms with Crippen molar-refractivity contribution in [3.8, 4) is 17.0 Å². The molecule has 1 aromatic heterocycles. The molecule has 1 aromatic carbocycles. The molecule has 4 aliphatic carbocycles. The second-order valence-corrected chi connectivity index (χ2v) is 9.50. The van der Waals surface area contributed by atoms with Crippen LogP contribution in [0.2, 0.25) is 0 Å². The second-order valence-electron chi connectivity index (χ2n) is 8.55. The zero-order valence-corrected chi connectivity index (χ0v) is 15.6. The van der Waals surface area contributed by atoms with Crippen LogP contribution in [0.15, 0.2) is 29.6 Å². The maximum Gasteiger partial charge on any atom is 0.226 e. The van der Waals surface area contributed by atoms with Gasteiger partial charge in [0, 0.05) is 16.4 Å². The van der Waals surface area contributed by atoms with Gasteiger partial charge in [-0.2, -0.15) is 0 Å². The molecule has 4 aliphatic rings. The lowest BCUT2D eigenvalue weighted by atomic mass is 9.49. The number of phenols is 1. The third-order valence-corrected chi connectivity index (χ3v) is 7.48. The van der Waals surface area contributed by atoms with Gasteiger partial charge in [0.25, 0.3) is 0 Å². The van der Waals surface area contributed by atoms with Crippen molar-refractivity contribution in [2.45, 2.75) is 45.1 Å². The number of aromatic hydroxyl groups is 1. The number of hydrogen-bond donors (Lipinski definition) is 2. The van der Waals surface area contributed by atoms with Crippen molar-refractivity contribution in [2.75, 3.05) is 0 Å². The van der Waals surface area contributed by atoms with Crippen molar-refractivity contribution in [1.82, 2.24) is 10.3 Å². The van der Waals surface area contributed by atoms with E-state index >= 15 is 0 Å². The number of amides is 1. The van der Waals surface area contributed by atoms with Gasteiger partial charge in [0.1, 0.15) is 10.8 Å². The molecule has 4 fully saturated rings. The van der Waals surface area contributed by atoms with E-state index in [-0.39, 0.29) is 17.1 Å². The number of nitrogens with zero attached hydrogens (tertiary/aromatic N) is 1. The van der Waals surface area contributed by atoms with E-state index in [1.165, 1.54) is 19.3 Å². The summed E-state index contributed by atoms with van der Waals surface area (Å²) >= 11 is 1.58. The summed E-state index contributed by atoms with van der Waals surface area (Å²) in [6.07, 6.45) is 7.36. The Bertz CT molecular complexity index is 792. The topological polar surface area (TPSA) is 62.2 Å². The quantitative estimate of drug-likeness (QED) is 0.843. The molecule has 0 aliphatic heterocycles. The Kier molecular flexibility index (Phi) is 3.82. The minimum atomic E-state index is -0.0915. The molecule has 2 N–H and O–H groups in total. The van der Waals surface area contributed by atoms with E-state index in [4.69, 9.17) is 0 Å². The van der Waals surface area contributed by atoms with Crippen molar-refractivity contribution in [1.29, 1.82) is 0 Å². The minimum Gasteiger partial charge on any atom is -0.508 e. The molecule has 0 unspecified atom stereocenters. The van der Waals surface area contributed by atoms with Crippen LogP contribution >= 0.6 is 11.3 Å². The van der Waals surface area contributed by atoms with Crippen LogP contribution in [0, 0.1) is 23.2 Å². The molecule has 4 saturated carbocycles. The zero-order chi connectivity index (χ0) is 17.7. The SMILES string of the molecule is O=C(NCc1nc(-c2ccc(O)cc2)cs1)C12CC3CC(CC(C3)C1)C2. The van der Waals surface area contributed by atoms with Gasteiger partial charge in [-0.15, -0.1) is 11.3 Å². The highest BCUT2D eigenvalue weighted by Crippen LogP contribution is 2.60. The Morgan fingerprint density at radius 2 is 1.73 bits per heavy atom. The van der Waals surface area contributed by atoms with Crippen molar-refractivity contribution in [2.24, 2.45) is 23.2 Å². The van der Waals surface area contributed by atoms with Crippen LogP contribution in [-0.4, -0.2) is 16.0 Å². The summed E-state index contributed by atoms with van der Waals surface area (Å²) in [6.45, 7) is 0.517. The first-order valence-electron chi connectivity index (χ1n) is 9.62. The van der Waals surface area contributed by atoms with Gasteiger partial charge in [0.2, 0.25) is 5.91 Å². The molecule has 136 valence electrons. The van der Waals surface area contributed by atoms with Crippen LogP contribution in [-0.2, 0) is 11.3 Å². The molecule has 26 heavy (non-hydrogen) atoms. The van der Waals surface area contributed by atoms with E-state index in [0.717, 1.165) is 53.3 Å². The average molecular weight is 369 g/mol. The maximum atomic E-state index is 13.0. The molecule has 4 nitrogen and oxygen atoms in total. The van der Waals surface area contributed by atoms with E-state index in [2.05, 4.69) is 10.3 Å². The molecule has 1 heterocycles. The Hall–Kier alpha value is -1.88. The Balaban J connectivity index is 1.25. The molecule has 1 amide bonds. The number of phenolic OH excluding ortho intramolecular Hbond substituents is 1. The standard InChI is InChI=1S/C21H24N2O2S/c24-17-3-1-16(2-4-17)18-12-26-19(23-18)11-22-20(25)21-8-13-5-14(9-21)7-15(6-13)10-21/h1-4,12-15,24H,5-11H2,(H,22,25). The number of aromatic nitrogens is 1. The normalized spacial score (nSPS) is 31.9. The van der Waals surface area contributed by atoms with E-state index in [1.54, 1.807) is 23.5 Å². The highest BCUT2D eigenvalue weighted by molar-refractivity contribution is 7.09. The van der Waals surface area contributed by atoms with E-state index in [9.17, 15) is 9.90 Å². The predicted octanol–water partition coefficient (Wildman–Crippen LogP) is 4.35. The maximum absolute atomic E-state index is 13.0. The summed E-state index contributed by atoms with van der Waals surface area (Å²) < 4.78 is 0. The lowest BCUT2D eigenvalue weighted by Gasteiger charge is -2.55. The van der Waals surface area contributed by atoms with Crippen LogP contribution in [0.1, 0.15) is 43.5 Å². The van der Waals surface area contributed by atoms with Gasteiger partial charge in [-0.1, -0.05) is 0 Å². The monoisotopic (exact) mass is 368 g/mol. The Morgan fingerprint density at radius 1 is 1.12 bits per heavy atom. The fraction of sp³-hybridized carbons (Fsp3) is 0.524. The van der Waals surface area contributed by atoms with Crippen molar-refractivity contribution < 1.29 is 9.90 Å². The Labute approximate surface area is 157 Å². The summed E-state index contributed by atoms with van der Waals surface area (Å²) in [5, 5.41) is 15.6. The largest absolute Gasteiger partial charge is 0.508 e. The third kappa shape index (κ3) is 2.82. The van der Waals surface area contributed by atoms with E-state index in [0.29, 0.717) is 6.54 Å². The van der Waals surface area contributed by atoms with Crippen LogP contribution in [0.25, 0.3) is 11.3 Å². The summed E-state index contributed by atoms with van der Waals surface area (Å²) in [5.74, 6) is 2.87. The highest BCUT2D eigenvalue weighted by Gasteiger charge is 2.54. The van der Waals surface area contributed by atoms with Crippen molar-refractivity contribution in [3.05, 3.63) is 34.7 Å². The summed E-state index contributed by atoms with van der Waals surface area (Å²) in [4.78, 5) is 17.7. The second kappa shape index (κ2) is 6.08. The minimum absolute atomic E-state index is 0.0915. The average Bonchev–Trinajstić information content (AvgIpc) is 3.08. The summed E-state index contributed by atoms with van der Waals surface area (Å²) in [5.41, 5.74) is 1.79. The smallest absolute Gasteiger partial charge is 0.226 e. The number of carbonyl (C=O) groups excluding carboxylic acids is 1. The molecule has 5 heteroatoms. The summed E-state index contributed by atoms with van der Waals surface area (Å²) in [7, 11) is 0. The van der Waals surface area contributed by atoms with Gasteiger partial charge in [-0.3, -0.25) is 4.79 Å². The molecule has 0 spiro atoms. The van der Waals surface area contributed by atoms with Gasteiger partial charge >= 0.3 is 0 Å². The van der Waals surface area contributed by atoms with Crippen LogP contribution in [0.3, 0.4) is 0 Å². The molecule has 4 bridgehead atoms. The first-order chi connectivity index (χ1) is 12.6. The zero-order valence-electron chi connectivity index (χ0n) is 14.8. The molecule has 2 aromatic rings. The van der Waals surface area contributed by atoms with Crippen LogP contribution in [0.5, 0.6) is 5.75 Å². The van der Waals surface area contributed by atoms with Gasteiger partial charge in [0.05, 0.1) is 12.2 Å². The fourth-order valence-corrected chi connectivity index (χ4v) is 6.63. The van der Waals surface area contributed by atoms with E-state index < -0.39 is 0 Å². The van der Waals surface area contributed by atoms with E-state index in [1.807, 2.05) is 17.5 Å². The van der Waals surface area contributed by atoms with Crippen LogP contribution in [0.4, 0.5) is 0 Å². The molecule has 6 rings (SSSR count). The van der Waals surface area contributed by atoms with Gasteiger partial charge < -0.3 is 10.4 Å². The van der Waals surface area contributed by atoms with Gasteiger partial charge in [-0.05, 0) is 80.5 Å². The number of rotatable bonds is 4. The number of benzene rings is 1. The van der Waals surface area contributed by atoms with Gasteiger partial charge in [-0.25, -0.2) is 4.98 Å². The lowest BCUT2D eigenvalue weighted by Crippen LogP contribution is -2.53. The first kappa shape index (κ1) is 16.3. The fourth-order valence-electron chi connectivity index (χ4n) is 5.89. The highest BCUT2D eigenvalue weighted by atomic mass is 32.1. The number of carbonyl (C=O) groups is 1. The van der Waals surface area contributed by atoms with Gasteiger partial charge in [0.15, 0.2) is 0 Å². The number of nitrogens with one attached hydrogen (secondary N) is 1. The third-order valence-electron chi connectivity index (χ3n) is 6.63. The first-order valence-corrected chi connectivity index (χ1v) is 10.5. The number of thiazole rings is 1. The lowest BCUT2D eigenvalue weighted by molar-refractivity contribution is -0.146. The molecule has 0 radical (unpaired) electrons.